The van der Waals surface area contributed by atoms with Gasteiger partial charge in [0.25, 0.3) is 0 Å². The molecule has 0 aromatic rings. The fraction of sp³-hybridized carbons (Fsp3) is 0.833. The second-order valence-electron chi connectivity index (χ2n) is 3.97. The van der Waals surface area contributed by atoms with Gasteiger partial charge < -0.3 is 9.80 Å². The van der Waals surface area contributed by atoms with Crippen LogP contribution in [0.3, 0.4) is 0 Å². The third-order valence-corrected chi connectivity index (χ3v) is 2.58. The van der Waals surface area contributed by atoms with Crippen molar-refractivity contribution < 1.29 is 0 Å². The van der Waals surface area contributed by atoms with E-state index in [0.717, 1.165) is 18.9 Å². The summed E-state index contributed by atoms with van der Waals surface area (Å²) in [5, 5.41) is 0. The quantitative estimate of drug-likeness (QED) is 0.591. The fourth-order valence-electron chi connectivity index (χ4n) is 1.34. The highest BCUT2D eigenvalue weighted by Crippen LogP contribution is 2.06. The summed E-state index contributed by atoms with van der Waals surface area (Å²) in [7, 11) is 4.25. The number of nitrogens with zero attached hydrogens (tertiary/aromatic N) is 2. The SMILES string of the molecule is C=C(N(C)CCCC)N(C)CCCC. The van der Waals surface area contributed by atoms with Crippen LogP contribution in [0.4, 0.5) is 0 Å². The number of unbranched alkanes of at least 4 members (excludes halogenated alkanes) is 2. The topological polar surface area (TPSA) is 6.48 Å². The molecule has 0 radical (unpaired) electrons. The number of hydrogen-bond donors (Lipinski definition) is 0. The lowest BCUT2D eigenvalue weighted by Crippen LogP contribution is -2.31. The molecule has 0 aromatic heterocycles. The summed E-state index contributed by atoms with van der Waals surface area (Å²) >= 11 is 0. The van der Waals surface area contributed by atoms with Gasteiger partial charge in [-0.25, -0.2) is 0 Å². The van der Waals surface area contributed by atoms with Crippen molar-refractivity contribution in [3.05, 3.63) is 12.4 Å². The van der Waals surface area contributed by atoms with Gasteiger partial charge in [-0.3, -0.25) is 0 Å². The molecule has 0 heterocycles. The molecule has 0 amide bonds. The molecule has 0 saturated carbocycles. The van der Waals surface area contributed by atoms with Crippen LogP contribution in [0.2, 0.25) is 0 Å². The van der Waals surface area contributed by atoms with E-state index in [9.17, 15) is 0 Å². The molecular weight excluding hydrogens is 172 g/mol. The summed E-state index contributed by atoms with van der Waals surface area (Å²) in [4.78, 5) is 4.50. The van der Waals surface area contributed by atoms with Gasteiger partial charge in [0, 0.05) is 27.2 Å². The average molecular weight is 198 g/mol. The molecule has 0 rings (SSSR count). The van der Waals surface area contributed by atoms with Crippen molar-refractivity contribution in [1.82, 2.24) is 9.80 Å². The summed E-state index contributed by atoms with van der Waals surface area (Å²) in [6, 6.07) is 0. The molecule has 0 aliphatic rings. The molecule has 0 aromatic carbocycles. The molecule has 0 spiro atoms. The van der Waals surface area contributed by atoms with E-state index in [1.54, 1.807) is 0 Å². The molecule has 0 aliphatic heterocycles. The number of rotatable bonds is 8. The first-order valence-electron chi connectivity index (χ1n) is 5.74. The van der Waals surface area contributed by atoms with Crippen LogP contribution in [0.15, 0.2) is 12.4 Å². The lowest BCUT2D eigenvalue weighted by Gasteiger charge is -2.30. The second kappa shape index (κ2) is 7.72. The van der Waals surface area contributed by atoms with Gasteiger partial charge in [-0.2, -0.15) is 0 Å². The maximum atomic E-state index is 4.11. The molecule has 84 valence electrons. The van der Waals surface area contributed by atoms with Crippen molar-refractivity contribution in [3.8, 4) is 0 Å². The van der Waals surface area contributed by atoms with Gasteiger partial charge in [0.1, 0.15) is 0 Å². The molecule has 0 fully saturated rings. The Labute approximate surface area is 89.6 Å². The Morgan fingerprint density at radius 3 is 1.57 bits per heavy atom. The molecule has 0 bridgehead atoms. The molecule has 0 aliphatic carbocycles. The zero-order chi connectivity index (χ0) is 11.0. The lowest BCUT2D eigenvalue weighted by molar-refractivity contribution is 0.265. The summed E-state index contributed by atoms with van der Waals surface area (Å²) < 4.78 is 0. The third kappa shape index (κ3) is 5.15. The van der Waals surface area contributed by atoms with Crippen LogP contribution in [0.1, 0.15) is 39.5 Å². The van der Waals surface area contributed by atoms with Crippen LogP contribution in [0.25, 0.3) is 0 Å². The van der Waals surface area contributed by atoms with Gasteiger partial charge in [-0.1, -0.05) is 33.3 Å². The first kappa shape index (κ1) is 13.3. The van der Waals surface area contributed by atoms with Gasteiger partial charge in [-0.15, -0.1) is 0 Å². The van der Waals surface area contributed by atoms with Crippen molar-refractivity contribution in [2.45, 2.75) is 39.5 Å². The molecule has 14 heavy (non-hydrogen) atoms. The van der Waals surface area contributed by atoms with Crippen LogP contribution in [-0.2, 0) is 0 Å². The van der Waals surface area contributed by atoms with Gasteiger partial charge in [0.05, 0.1) is 5.82 Å². The van der Waals surface area contributed by atoms with Crippen molar-refractivity contribution >= 4 is 0 Å². The highest BCUT2D eigenvalue weighted by Gasteiger charge is 2.05. The van der Waals surface area contributed by atoms with Crippen molar-refractivity contribution in [1.29, 1.82) is 0 Å². The molecule has 2 nitrogen and oxygen atoms in total. The maximum Gasteiger partial charge on any atom is 0.0959 e. The Bertz CT molecular complexity index is 138. The van der Waals surface area contributed by atoms with Gasteiger partial charge >= 0.3 is 0 Å². The zero-order valence-corrected chi connectivity index (χ0v) is 10.3. The normalized spacial score (nSPS) is 10.0. The standard InChI is InChI=1S/C12H26N2/c1-6-8-10-13(4)12(3)14(5)11-9-7-2/h3,6-11H2,1-2,4-5H3. The minimum absolute atomic E-state index is 1.12. The number of hydrogen-bond acceptors (Lipinski definition) is 2. The minimum atomic E-state index is 1.12. The van der Waals surface area contributed by atoms with Gasteiger partial charge in [0.15, 0.2) is 0 Å². The second-order valence-corrected chi connectivity index (χ2v) is 3.97. The zero-order valence-electron chi connectivity index (χ0n) is 10.3. The van der Waals surface area contributed by atoms with Crippen molar-refractivity contribution in [2.24, 2.45) is 0 Å². The molecule has 0 atom stereocenters. The Hall–Kier alpha value is -0.660. The highest BCUT2D eigenvalue weighted by molar-refractivity contribution is 4.90. The predicted molar refractivity (Wildman–Crippen MR) is 64.2 cm³/mol. The van der Waals surface area contributed by atoms with Crippen LogP contribution in [-0.4, -0.2) is 37.0 Å². The lowest BCUT2D eigenvalue weighted by atomic mass is 10.3. The Kier molecular flexibility index (Phi) is 7.35. The van der Waals surface area contributed by atoms with Gasteiger partial charge in [0.2, 0.25) is 0 Å². The largest absolute Gasteiger partial charge is 0.362 e. The van der Waals surface area contributed by atoms with E-state index in [-0.39, 0.29) is 0 Å². The van der Waals surface area contributed by atoms with Crippen LogP contribution >= 0.6 is 0 Å². The maximum absolute atomic E-state index is 4.11. The summed E-state index contributed by atoms with van der Waals surface area (Å²) in [5.74, 6) is 1.15. The van der Waals surface area contributed by atoms with E-state index in [2.05, 4.69) is 44.3 Å². The minimum Gasteiger partial charge on any atom is -0.362 e. The van der Waals surface area contributed by atoms with Gasteiger partial charge in [-0.05, 0) is 12.8 Å². The van der Waals surface area contributed by atoms with E-state index in [0.29, 0.717) is 0 Å². The van der Waals surface area contributed by atoms with Crippen molar-refractivity contribution in [3.63, 3.8) is 0 Å². The molecule has 0 saturated heterocycles. The summed E-state index contributed by atoms with van der Waals surface area (Å²) in [6.07, 6.45) is 4.99. The fourth-order valence-corrected chi connectivity index (χ4v) is 1.34. The molecule has 0 N–H and O–H groups in total. The van der Waals surface area contributed by atoms with E-state index < -0.39 is 0 Å². The van der Waals surface area contributed by atoms with Crippen LogP contribution in [0, 0.1) is 0 Å². The molecule has 0 unspecified atom stereocenters. The van der Waals surface area contributed by atoms with E-state index >= 15 is 0 Å². The highest BCUT2D eigenvalue weighted by atomic mass is 15.3. The summed E-state index contributed by atoms with van der Waals surface area (Å²) in [5.41, 5.74) is 0. The molecular formula is C12H26N2. The van der Waals surface area contributed by atoms with Crippen molar-refractivity contribution in [2.75, 3.05) is 27.2 Å². The Morgan fingerprint density at radius 1 is 0.929 bits per heavy atom. The summed E-state index contributed by atoms with van der Waals surface area (Å²) in [6.45, 7) is 10.8. The monoisotopic (exact) mass is 198 g/mol. The first-order valence-corrected chi connectivity index (χ1v) is 5.74. The van der Waals surface area contributed by atoms with E-state index in [4.69, 9.17) is 0 Å². The van der Waals surface area contributed by atoms with E-state index in [1.807, 2.05) is 0 Å². The Balaban J connectivity index is 3.78. The van der Waals surface area contributed by atoms with Crippen LogP contribution in [0.5, 0.6) is 0 Å². The molecule has 2 heteroatoms. The Morgan fingerprint density at radius 2 is 1.29 bits per heavy atom. The third-order valence-electron chi connectivity index (χ3n) is 2.58. The average Bonchev–Trinajstić information content (AvgIpc) is 2.21. The van der Waals surface area contributed by atoms with E-state index in [1.165, 1.54) is 25.7 Å². The van der Waals surface area contributed by atoms with Crippen LogP contribution < -0.4 is 0 Å². The first-order chi connectivity index (χ1) is 6.63. The predicted octanol–water partition coefficient (Wildman–Crippen LogP) is 2.92. The smallest absolute Gasteiger partial charge is 0.0959 e.